The van der Waals surface area contributed by atoms with Crippen molar-refractivity contribution >= 4 is 11.7 Å². The highest BCUT2D eigenvalue weighted by molar-refractivity contribution is 5.89. The standard InChI is InChI=1S/C17H27N3O2/c1-17(2,3)20-10-8-19(9-11-20)12-13-22-16(21)14-4-6-15(18)7-5-14/h4-7H,8-13,18H2,1-3H3. The van der Waals surface area contributed by atoms with Crippen molar-refractivity contribution < 1.29 is 9.53 Å². The fourth-order valence-electron chi connectivity index (χ4n) is 2.61. The molecule has 1 aromatic carbocycles. The van der Waals surface area contributed by atoms with E-state index in [0.29, 0.717) is 17.9 Å². The highest BCUT2D eigenvalue weighted by Crippen LogP contribution is 2.15. The largest absolute Gasteiger partial charge is 0.461 e. The maximum Gasteiger partial charge on any atom is 0.338 e. The molecule has 0 spiro atoms. The van der Waals surface area contributed by atoms with Crippen molar-refractivity contribution in [2.45, 2.75) is 26.3 Å². The van der Waals surface area contributed by atoms with Crippen LogP contribution >= 0.6 is 0 Å². The van der Waals surface area contributed by atoms with Gasteiger partial charge in [0.25, 0.3) is 0 Å². The number of nitrogens with two attached hydrogens (primary N) is 1. The van der Waals surface area contributed by atoms with Gasteiger partial charge in [-0.1, -0.05) is 0 Å². The number of hydrogen-bond acceptors (Lipinski definition) is 5. The minimum absolute atomic E-state index is 0.230. The lowest BCUT2D eigenvalue weighted by molar-refractivity contribution is 0.0333. The second-order valence-electron chi connectivity index (χ2n) is 6.76. The lowest BCUT2D eigenvalue weighted by Crippen LogP contribution is -2.53. The van der Waals surface area contributed by atoms with Crippen LogP contribution in [-0.2, 0) is 4.74 Å². The van der Waals surface area contributed by atoms with E-state index < -0.39 is 0 Å². The van der Waals surface area contributed by atoms with Crippen LogP contribution in [0, 0.1) is 0 Å². The van der Waals surface area contributed by atoms with E-state index in [1.54, 1.807) is 24.3 Å². The van der Waals surface area contributed by atoms with Crippen molar-refractivity contribution in [2.24, 2.45) is 0 Å². The highest BCUT2D eigenvalue weighted by atomic mass is 16.5. The third-order valence-corrected chi connectivity index (χ3v) is 4.11. The zero-order valence-corrected chi connectivity index (χ0v) is 13.8. The number of piperazine rings is 1. The number of anilines is 1. The van der Waals surface area contributed by atoms with E-state index in [1.807, 2.05) is 0 Å². The van der Waals surface area contributed by atoms with Gasteiger partial charge in [0.05, 0.1) is 5.56 Å². The van der Waals surface area contributed by atoms with E-state index in [9.17, 15) is 4.79 Å². The molecule has 0 radical (unpaired) electrons. The van der Waals surface area contributed by atoms with Crippen LogP contribution in [0.15, 0.2) is 24.3 Å². The predicted octanol–water partition coefficient (Wildman–Crippen LogP) is 1.84. The van der Waals surface area contributed by atoms with Crippen molar-refractivity contribution in [3.05, 3.63) is 29.8 Å². The van der Waals surface area contributed by atoms with Crippen LogP contribution < -0.4 is 5.73 Å². The predicted molar refractivity (Wildman–Crippen MR) is 88.9 cm³/mol. The summed E-state index contributed by atoms with van der Waals surface area (Å²) >= 11 is 0. The first-order chi connectivity index (χ1) is 10.4. The first kappa shape index (κ1) is 16.8. The number of hydrogen-bond donors (Lipinski definition) is 1. The van der Waals surface area contributed by atoms with Crippen LogP contribution in [0.1, 0.15) is 31.1 Å². The summed E-state index contributed by atoms with van der Waals surface area (Å²) in [5.41, 5.74) is 7.03. The Morgan fingerprint density at radius 2 is 1.73 bits per heavy atom. The first-order valence-electron chi connectivity index (χ1n) is 7.86. The van der Waals surface area contributed by atoms with E-state index in [2.05, 4.69) is 30.6 Å². The van der Waals surface area contributed by atoms with E-state index in [0.717, 1.165) is 32.7 Å². The molecule has 1 saturated heterocycles. The Hall–Kier alpha value is -1.59. The van der Waals surface area contributed by atoms with Crippen LogP contribution in [0.3, 0.4) is 0 Å². The van der Waals surface area contributed by atoms with Gasteiger partial charge in [-0.2, -0.15) is 0 Å². The number of nitrogens with zero attached hydrogens (tertiary/aromatic N) is 2. The van der Waals surface area contributed by atoms with Crippen molar-refractivity contribution in [3.8, 4) is 0 Å². The summed E-state index contributed by atoms with van der Waals surface area (Å²) in [6.07, 6.45) is 0. The van der Waals surface area contributed by atoms with Crippen molar-refractivity contribution in [2.75, 3.05) is 45.1 Å². The van der Waals surface area contributed by atoms with Gasteiger partial charge in [0.15, 0.2) is 0 Å². The average molecular weight is 305 g/mol. The summed E-state index contributed by atoms with van der Waals surface area (Å²) < 4.78 is 5.33. The molecule has 1 aromatic rings. The molecule has 2 N–H and O–H groups in total. The molecule has 0 atom stereocenters. The summed E-state index contributed by atoms with van der Waals surface area (Å²) in [4.78, 5) is 16.7. The van der Waals surface area contributed by atoms with Crippen molar-refractivity contribution in [3.63, 3.8) is 0 Å². The van der Waals surface area contributed by atoms with E-state index in [-0.39, 0.29) is 11.5 Å². The Morgan fingerprint density at radius 3 is 2.27 bits per heavy atom. The highest BCUT2D eigenvalue weighted by Gasteiger charge is 2.25. The summed E-state index contributed by atoms with van der Waals surface area (Å²) in [6, 6.07) is 6.81. The monoisotopic (exact) mass is 305 g/mol. The number of carbonyl (C=O) groups excluding carboxylic acids is 1. The maximum atomic E-state index is 11.9. The molecule has 0 bridgehead atoms. The van der Waals surface area contributed by atoms with Gasteiger partial charge in [-0.25, -0.2) is 4.79 Å². The molecule has 1 fully saturated rings. The number of benzene rings is 1. The molecule has 122 valence electrons. The molecule has 1 aliphatic rings. The molecule has 5 nitrogen and oxygen atoms in total. The van der Waals surface area contributed by atoms with E-state index in [4.69, 9.17) is 10.5 Å². The van der Waals surface area contributed by atoms with Gasteiger partial charge < -0.3 is 10.5 Å². The van der Waals surface area contributed by atoms with Crippen LogP contribution in [0.5, 0.6) is 0 Å². The normalized spacial score (nSPS) is 17.4. The molecule has 22 heavy (non-hydrogen) atoms. The fraction of sp³-hybridized carbons (Fsp3) is 0.588. The fourth-order valence-corrected chi connectivity index (χ4v) is 2.61. The molecule has 5 heteroatoms. The summed E-state index contributed by atoms with van der Waals surface area (Å²) in [6.45, 7) is 12.1. The number of nitrogen functional groups attached to an aromatic ring is 1. The smallest absolute Gasteiger partial charge is 0.338 e. The molecule has 1 heterocycles. The van der Waals surface area contributed by atoms with Gasteiger partial charge in [0.2, 0.25) is 0 Å². The van der Waals surface area contributed by atoms with Crippen LogP contribution in [0.4, 0.5) is 5.69 Å². The van der Waals surface area contributed by atoms with E-state index >= 15 is 0 Å². The van der Waals surface area contributed by atoms with Crippen LogP contribution in [0.25, 0.3) is 0 Å². The molecule has 1 aliphatic heterocycles. The van der Waals surface area contributed by atoms with Gasteiger partial charge in [0.1, 0.15) is 6.61 Å². The molecule has 0 unspecified atom stereocenters. The first-order valence-corrected chi connectivity index (χ1v) is 7.86. The Labute approximate surface area is 133 Å². The Balaban J connectivity index is 1.69. The summed E-state index contributed by atoms with van der Waals surface area (Å²) in [5, 5.41) is 0. The molecule has 0 saturated carbocycles. The SMILES string of the molecule is CC(C)(C)N1CCN(CCOC(=O)c2ccc(N)cc2)CC1. The Kier molecular flexibility index (Phi) is 5.42. The second kappa shape index (κ2) is 7.11. The zero-order chi connectivity index (χ0) is 16.2. The topological polar surface area (TPSA) is 58.8 Å². The van der Waals surface area contributed by atoms with Gasteiger partial charge >= 0.3 is 5.97 Å². The van der Waals surface area contributed by atoms with Crippen molar-refractivity contribution in [1.29, 1.82) is 0 Å². The Morgan fingerprint density at radius 1 is 1.14 bits per heavy atom. The molecule has 2 rings (SSSR count). The second-order valence-corrected chi connectivity index (χ2v) is 6.76. The molecule has 0 amide bonds. The average Bonchev–Trinajstić information content (AvgIpc) is 2.47. The number of rotatable bonds is 4. The quantitative estimate of drug-likeness (QED) is 0.679. The Bertz CT molecular complexity index is 486. The van der Waals surface area contributed by atoms with Crippen molar-refractivity contribution in [1.82, 2.24) is 9.80 Å². The maximum absolute atomic E-state index is 11.9. The van der Waals surface area contributed by atoms with Crippen LogP contribution in [-0.4, -0.2) is 60.6 Å². The molecule has 0 aliphatic carbocycles. The van der Waals surface area contributed by atoms with Gasteiger partial charge in [0, 0.05) is 44.0 Å². The summed E-state index contributed by atoms with van der Waals surface area (Å²) in [5.74, 6) is -0.284. The zero-order valence-electron chi connectivity index (χ0n) is 13.8. The lowest BCUT2D eigenvalue weighted by atomic mass is 10.1. The van der Waals surface area contributed by atoms with Gasteiger partial charge in [-0.15, -0.1) is 0 Å². The number of carbonyl (C=O) groups is 1. The van der Waals surface area contributed by atoms with E-state index in [1.165, 1.54) is 0 Å². The lowest BCUT2D eigenvalue weighted by Gasteiger charge is -2.42. The third-order valence-electron chi connectivity index (χ3n) is 4.11. The van der Waals surface area contributed by atoms with Gasteiger partial charge in [-0.3, -0.25) is 9.80 Å². The third kappa shape index (κ3) is 4.71. The number of ether oxygens (including phenoxy) is 1. The number of esters is 1. The van der Waals surface area contributed by atoms with Gasteiger partial charge in [-0.05, 0) is 45.0 Å². The minimum atomic E-state index is -0.284. The minimum Gasteiger partial charge on any atom is -0.461 e. The molecular formula is C17H27N3O2. The molecular weight excluding hydrogens is 278 g/mol. The molecule has 0 aromatic heterocycles. The summed E-state index contributed by atoms with van der Waals surface area (Å²) in [7, 11) is 0. The van der Waals surface area contributed by atoms with Crippen LogP contribution in [0.2, 0.25) is 0 Å².